The Bertz CT molecular complexity index is 881. The molecule has 0 aliphatic rings. The summed E-state index contributed by atoms with van der Waals surface area (Å²) in [4.78, 5) is 26.9. The van der Waals surface area contributed by atoms with Gasteiger partial charge in [-0.2, -0.15) is 0 Å². The zero-order chi connectivity index (χ0) is 23.3. The van der Waals surface area contributed by atoms with Gasteiger partial charge in [-0.25, -0.2) is 0 Å². The molecule has 2 aromatic carbocycles. The molecule has 7 nitrogen and oxygen atoms in total. The number of carbonyl (C=O) groups excluding carboxylic acids is 2. The Labute approximate surface area is 195 Å². The highest BCUT2D eigenvalue weighted by atomic mass is 32.1. The highest BCUT2D eigenvalue weighted by molar-refractivity contribution is 7.80. The van der Waals surface area contributed by atoms with Crippen LogP contribution in [0, 0.1) is 0 Å². The second-order valence-corrected chi connectivity index (χ2v) is 7.55. The Balaban J connectivity index is 1.81. The summed E-state index contributed by atoms with van der Waals surface area (Å²) in [7, 11) is 0. The molecule has 0 saturated carbocycles. The summed E-state index contributed by atoms with van der Waals surface area (Å²) in [5, 5.41) is 8.71. The van der Waals surface area contributed by atoms with Crippen LogP contribution in [0.15, 0.2) is 48.5 Å². The van der Waals surface area contributed by atoms with Crippen LogP contribution in [-0.2, 0) is 0 Å². The molecular weight excluding hydrogens is 424 g/mol. The van der Waals surface area contributed by atoms with E-state index in [0.717, 1.165) is 31.8 Å². The molecule has 2 amide bonds. The number of carbonyl (C=O) groups is 2. The molecule has 0 fully saturated rings. The average Bonchev–Trinajstić information content (AvgIpc) is 2.81. The van der Waals surface area contributed by atoms with E-state index in [0.29, 0.717) is 30.0 Å². The van der Waals surface area contributed by atoms with Gasteiger partial charge < -0.3 is 20.3 Å². The van der Waals surface area contributed by atoms with E-state index in [1.54, 1.807) is 48.5 Å². The first kappa shape index (κ1) is 25.3. The smallest absolute Gasteiger partial charge is 0.257 e. The van der Waals surface area contributed by atoms with Gasteiger partial charge in [0.05, 0.1) is 6.61 Å². The molecule has 0 bridgehead atoms. The molecule has 172 valence electrons. The third kappa shape index (κ3) is 8.28. The summed E-state index contributed by atoms with van der Waals surface area (Å²) in [6.45, 7) is 10.2. The number of nitrogens with one attached hydrogen (secondary N) is 3. The van der Waals surface area contributed by atoms with E-state index < -0.39 is 0 Å². The topological polar surface area (TPSA) is 82.7 Å². The van der Waals surface area contributed by atoms with E-state index in [1.165, 1.54) is 0 Å². The highest BCUT2D eigenvalue weighted by Gasteiger charge is 2.10. The van der Waals surface area contributed by atoms with Crippen LogP contribution in [0.2, 0.25) is 0 Å². The maximum Gasteiger partial charge on any atom is 0.257 e. The van der Waals surface area contributed by atoms with Crippen molar-refractivity contribution in [3.05, 3.63) is 59.7 Å². The van der Waals surface area contributed by atoms with Crippen LogP contribution in [0.5, 0.6) is 5.75 Å². The van der Waals surface area contributed by atoms with Crippen LogP contribution in [0.25, 0.3) is 0 Å². The van der Waals surface area contributed by atoms with E-state index in [-0.39, 0.29) is 16.9 Å². The first-order valence-electron chi connectivity index (χ1n) is 10.9. The quantitative estimate of drug-likeness (QED) is 0.448. The molecule has 0 unspecified atom stereocenters. The molecule has 2 rings (SSSR count). The number of thiocarbonyl (C=S) groups is 1. The first-order chi connectivity index (χ1) is 15.5. The van der Waals surface area contributed by atoms with Crippen LogP contribution in [-0.4, -0.2) is 54.6 Å². The van der Waals surface area contributed by atoms with Gasteiger partial charge in [0, 0.05) is 29.9 Å². The van der Waals surface area contributed by atoms with Gasteiger partial charge in [-0.15, -0.1) is 0 Å². The Kier molecular flexibility index (Phi) is 10.6. The summed E-state index contributed by atoms with van der Waals surface area (Å²) < 4.78 is 5.52. The number of likely N-dealkylation sites (N-methyl/N-ethyl adjacent to an activating group) is 1. The molecule has 0 aliphatic carbocycles. The lowest BCUT2D eigenvalue weighted by molar-refractivity contribution is 0.0947. The first-order valence-corrected chi connectivity index (χ1v) is 11.3. The molecule has 0 radical (unpaired) electrons. The van der Waals surface area contributed by atoms with Crippen molar-refractivity contribution in [2.45, 2.75) is 27.2 Å². The van der Waals surface area contributed by atoms with Gasteiger partial charge in [-0.05, 0) is 80.3 Å². The lowest BCUT2D eigenvalue weighted by Crippen LogP contribution is -2.35. The van der Waals surface area contributed by atoms with Crippen molar-refractivity contribution in [3.63, 3.8) is 0 Å². The maximum absolute atomic E-state index is 12.4. The number of ether oxygens (including phenoxy) is 1. The van der Waals surface area contributed by atoms with Crippen LogP contribution in [0.4, 0.5) is 5.69 Å². The number of amides is 2. The number of rotatable bonds is 11. The zero-order valence-electron chi connectivity index (χ0n) is 18.9. The highest BCUT2D eigenvalue weighted by Crippen LogP contribution is 2.13. The van der Waals surface area contributed by atoms with Crippen LogP contribution >= 0.6 is 12.2 Å². The van der Waals surface area contributed by atoms with Crippen molar-refractivity contribution in [3.8, 4) is 5.75 Å². The lowest BCUT2D eigenvalue weighted by Gasteiger charge is -2.18. The fraction of sp³-hybridized carbons (Fsp3) is 0.375. The summed E-state index contributed by atoms with van der Waals surface area (Å²) in [6.07, 6.45) is 0.921. The van der Waals surface area contributed by atoms with Gasteiger partial charge >= 0.3 is 0 Å². The lowest BCUT2D eigenvalue weighted by atomic mass is 10.2. The van der Waals surface area contributed by atoms with Crippen molar-refractivity contribution in [2.75, 3.05) is 38.1 Å². The molecule has 32 heavy (non-hydrogen) atoms. The monoisotopic (exact) mass is 456 g/mol. The SMILES string of the molecule is CCCOc1ccc(C(=O)NC(=S)Nc2ccc(C(=O)NCCN(CC)CC)cc2)cc1. The molecule has 0 aliphatic heterocycles. The standard InChI is InChI=1S/C24H32N4O3S/c1-4-17-31-21-13-9-19(10-14-21)23(30)27-24(32)26-20-11-7-18(8-12-20)22(29)25-15-16-28(5-2)6-3/h7-14H,4-6,15-17H2,1-3H3,(H,25,29)(H2,26,27,30,32). The maximum atomic E-state index is 12.4. The number of benzene rings is 2. The van der Waals surface area contributed by atoms with Crippen molar-refractivity contribution in [1.29, 1.82) is 0 Å². The Morgan fingerprint density at radius 3 is 2.09 bits per heavy atom. The number of hydrogen-bond acceptors (Lipinski definition) is 5. The third-order valence-electron chi connectivity index (χ3n) is 4.83. The molecular formula is C24H32N4O3S. The number of hydrogen-bond donors (Lipinski definition) is 3. The van der Waals surface area contributed by atoms with E-state index in [9.17, 15) is 9.59 Å². The van der Waals surface area contributed by atoms with Crippen molar-refractivity contribution in [2.24, 2.45) is 0 Å². The molecule has 0 spiro atoms. The minimum Gasteiger partial charge on any atom is -0.494 e. The molecule has 0 saturated heterocycles. The minimum atomic E-state index is -0.311. The van der Waals surface area contributed by atoms with Gasteiger partial charge in [0.15, 0.2) is 5.11 Å². The Morgan fingerprint density at radius 1 is 0.906 bits per heavy atom. The molecule has 8 heteroatoms. The number of anilines is 1. The summed E-state index contributed by atoms with van der Waals surface area (Å²) in [5.41, 5.74) is 1.73. The normalized spacial score (nSPS) is 10.5. The molecule has 0 aromatic heterocycles. The molecule has 3 N–H and O–H groups in total. The molecule has 2 aromatic rings. The van der Waals surface area contributed by atoms with Crippen LogP contribution in [0.3, 0.4) is 0 Å². The van der Waals surface area contributed by atoms with Gasteiger partial charge in [-0.3, -0.25) is 14.9 Å². The summed E-state index contributed by atoms with van der Waals surface area (Å²) >= 11 is 5.23. The number of nitrogens with zero attached hydrogens (tertiary/aromatic N) is 1. The van der Waals surface area contributed by atoms with Gasteiger partial charge in [0.25, 0.3) is 11.8 Å². The fourth-order valence-corrected chi connectivity index (χ4v) is 3.15. The van der Waals surface area contributed by atoms with Crippen LogP contribution in [0.1, 0.15) is 47.9 Å². The predicted octanol–water partition coefficient (Wildman–Crippen LogP) is 3.67. The van der Waals surface area contributed by atoms with Crippen molar-refractivity contribution in [1.82, 2.24) is 15.5 Å². The molecule has 0 heterocycles. The van der Waals surface area contributed by atoms with Crippen LogP contribution < -0.4 is 20.7 Å². The Hall–Kier alpha value is -2.97. The van der Waals surface area contributed by atoms with Gasteiger partial charge in [-0.1, -0.05) is 20.8 Å². The largest absolute Gasteiger partial charge is 0.494 e. The average molecular weight is 457 g/mol. The summed E-state index contributed by atoms with van der Waals surface area (Å²) in [6, 6.07) is 13.8. The van der Waals surface area contributed by atoms with Gasteiger partial charge in [0.2, 0.25) is 0 Å². The van der Waals surface area contributed by atoms with Gasteiger partial charge in [0.1, 0.15) is 5.75 Å². The van der Waals surface area contributed by atoms with E-state index in [2.05, 4.69) is 34.7 Å². The second kappa shape index (κ2) is 13.4. The van der Waals surface area contributed by atoms with E-state index >= 15 is 0 Å². The third-order valence-corrected chi connectivity index (χ3v) is 5.03. The predicted molar refractivity (Wildman–Crippen MR) is 132 cm³/mol. The van der Waals surface area contributed by atoms with E-state index in [4.69, 9.17) is 17.0 Å². The Morgan fingerprint density at radius 2 is 1.50 bits per heavy atom. The zero-order valence-corrected chi connectivity index (χ0v) is 19.8. The van der Waals surface area contributed by atoms with Crippen molar-refractivity contribution >= 4 is 34.8 Å². The fourth-order valence-electron chi connectivity index (χ4n) is 2.93. The molecule has 0 atom stereocenters. The summed E-state index contributed by atoms with van der Waals surface area (Å²) in [5.74, 6) is 0.293. The van der Waals surface area contributed by atoms with E-state index in [1.807, 2.05) is 6.92 Å². The van der Waals surface area contributed by atoms with Crippen molar-refractivity contribution < 1.29 is 14.3 Å². The second-order valence-electron chi connectivity index (χ2n) is 7.14. The minimum absolute atomic E-state index is 0.119.